The summed E-state index contributed by atoms with van der Waals surface area (Å²) in [4.78, 5) is 2.42. The Labute approximate surface area is 92.2 Å². The highest BCUT2D eigenvalue weighted by Gasteiger charge is 2.22. The molecule has 1 fully saturated rings. The van der Waals surface area contributed by atoms with E-state index in [1.54, 1.807) is 0 Å². The Bertz CT molecular complexity index is 148. The molecule has 0 bridgehead atoms. The highest BCUT2D eigenvalue weighted by Crippen LogP contribution is 2.24. The number of hydrogen-bond acceptors (Lipinski definition) is 2. The number of halogens is 1. The van der Waals surface area contributed by atoms with Crippen LogP contribution in [0.5, 0.6) is 0 Å². The molecule has 0 aliphatic heterocycles. The lowest BCUT2D eigenvalue weighted by atomic mass is 10.1. The van der Waals surface area contributed by atoms with Gasteiger partial charge < -0.3 is 5.11 Å². The van der Waals surface area contributed by atoms with Crippen molar-refractivity contribution in [3.05, 3.63) is 0 Å². The molecule has 0 heterocycles. The zero-order valence-electron chi connectivity index (χ0n) is 9.08. The van der Waals surface area contributed by atoms with Gasteiger partial charge in [0.1, 0.15) is 0 Å². The van der Waals surface area contributed by atoms with Crippen molar-refractivity contribution in [3.63, 3.8) is 0 Å². The summed E-state index contributed by atoms with van der Waals surface area (Å²) in [7, 11) is 0. The van der Waals surface area contributed by atoms with Gasteiger partial charge in [-0.1, -0.05) is 19.8 Å². The second-order valence-corrected chi connectivity index (χ2v) is 4.72. The highest BCUT2D eigenvalue weighted by atomic mass is 35.5. The van der Waals surface area contributed by atoms with E-state index in [2.05, 4.69) is 11.8 Å². The Morgan fingerprint density at radius 1 is 1.43 bits per heavy atom. The summed E-state index contributed by atoms with van der Waals surface area (Å²) in [6.45, 7) is 4.29. The summed E-state index contributed by atoms with van der Waals surface area (Å²) < 4.78 is 0. The molecule has 1 unspecified atom stereocenters. The predicted octanol–water partition coefficient (Wildman–Crippen LogP) is 2.10. The lowest BCUT2D eigenvalue weighted by Gasteiger charge is -2.30. The van der Waals surface area contributed by atoms with Gasteiger partial charge in [-0.3, -0.25) is 4.90 Å². The molecule has 1 aliphatic rings. The van der Waals surface area contributed by atoms with E-state index in [1.807, 2.05) is 0 Å². The molecule has 0 radical (unpaired) electrons. The molecule has 0 aromatic carbocycles. The fraction of sp³-hybridized carbons (Fsp3) is 1.00. The third-order valence-corrected chi connectivity index (χ3v) is 3.56. The molecule has 0 aromatic heterocycles. The van der Waals surface area contributed by atoms with Crippen molar-refractivity contribution in [3.8, 4) is 0 Å². The molecule has 2 nitrogen and oxygen atoms in total. The zero-order chi connectivity index (χ0) is 10.4. The predicted molar refractivity (Wildman–Crippen MR) is 60.8 cm³/mol. The van der Waals surface area contributed by atoms with Crippen LogP contribution in [0.1, 0.15) is 32.6 Å². The maximum atomic E-state index is 9.01. The van der Waals surface area contributed by atoms with Crippen molar-refractivity contribution < 1.29 is 5.11 Å². The van der Waals surface area contributed by atoms with E-state index in [1.165, 1.54) is 25.7 Å². The summed E-state index contributed by atoms with van der Waals surface area (Å²) in [6, 6.07) is 0.702. The van der Waals surface area contributed by atoms with Crippen LogP contribution in [-0.4, -0.2) is 41.6 Å². The number of nitrogens with zero attached hydrogens (tertiary/aromatic N) is 1. The minimum Gasteiger partial charge on any atom is -0.395 e. The molecular formula is C11H22ClNO. The second kappa shape index (κ2) is 6.65. The minimum atomic E-state index is 0.269. The molecule has 0 saturated heterocycles. The average Bonchev–Trinajstić information content (AvgIpc) is 2.69. The van der Waals surface area contributed by atoms with Gasteiger partial charge in [0, 0.05) is 25.0 Å². The van der Waals surface area contributed by atoms with E-state index >= 15 is 0 Å². The third-order valence-electron chi connectivity index (χ3n) is 3.04. The van der Waals surface area contributed by atoms with E-state index in [-0.39, 0.29) is 6.61 Å². The number of hydrogen-bond donors (Lipinski definition) is 1. The quantitative estimate of drug-likeness (QED) is 0.692. The summed E-state index contributed by atoms with van der Waals surface area (Å²) >= 11 is 5.81. The van der Waals surface area contributed by atoms with Crippen molar-refractivity contribution in [2.75, 3.05) is 25.6 Å². The SMILES string of the molecule is CC(CCl)CN(CCO)C1CCCC1. The lowest BCUT2D eigenvalue weighted by molar-refractivity contribution is 0.138. The van der Waals surface area contributed by atoms with E-state index in [0.717, 1.165) is 13.1 Å². The normalized spacial score (nSPS) is 20.6. The highest BCUT2D eigenvalue weighted by molar-refractivity contribution is 6.18. The first-order valence-corrected chi connectivity index (χ1v) is 6.22. The summed E-state index contributed by atoms with van der Waals surface area (Å²) in [6.07, 6.45) is 5.30. The van der Waals surface area contributed by atoms with Crippen LogP contribution in [-0.2, 0) is 0 Å². The van der Waals surface area contributed by atoms with Gasteiger partial charge in [0.15, 0.2) is 0 Å². The molecule has 84 valence electrons. The van der Waals surface area contributed by atoms with Crippen molar-refractivity contribution in [2.24, 2.45) is 5.92 Å². The first kappa shape index (κ1) is 12.3. The fourth-order valence-electron chi connectivity index (χ4n) is 2.27. The van der Waals surface area contributed by atoms with Crippen molar-refractivity contribution in [2.45, 2.75) is 38.6 Å². The maximum absolute atomic E-state index is 9.01. The molecule has 0 aromatic rings. The topological polar surface area (TPSA) is 23.5 Å². The second-order valence-electron chi connectivity index (χ2n) is 4.42. The largest absolute Gasteiger partial charge is 0.395 e. The van der Waals surface area contributed by atoms with E-state index < -0.39 is 0 Å². The number of rotatable bonds is 6. The maximum Gasteiger partial charge on any atom is 0.0558 e. The minimum absolute atomic E-state index is 0.269. The van der Waals surface area contributed by atoms with Gasteiger partial charge in [0.05, 0.1) is 6.61 Å². The van der Waals surface area contributed by atoms with Gasteiger partial charge in [-0.2, -0.15) is 0 Å². The van der Waals surface area contributed by atoms with Gasteiger partial charge in [-0.15, -0.1) is 11.6 Å². The van der Waals surface area contributed by atoms with Crippen LogP contribution in [0.15, 0.2) is 0 Å². The van der Waals surface area contributed by atoms with Crippen molar-refractivity contribution in [1.82, 2.24) is 4.90 Å². The van der Waals surface area contributed by atoms with Crippen LogP contribution in [0.3, 0.4) is 0 Å². The first-order valence-electron chi connectivity index (χ1n) is 5.68. The molecule has 1 saturated carbocycles. The van der Waals surface area contributed by atoms with Gasteiger partial charge in [0.25, 0.3) is 0 Å². The summed E-state index contributed by atoms with van der Waals surface area (Å²) in [5, 5.41) is 9.01. The van der Waals surface area contributed by atoms with Crippen molar-refractivity contribution >= 4 is 11.6 Å². The van der Waals surface area contributed by atoms with E-state index in [4.69, 9.17) is 16.7 Å². The first-order chi connectivity index (χ1) is 6.77. The monoisotopic (exact) mass is 219 g/mol. The summed E-state index contributed by atoms with van der Waals surface area (Å²) in [5.41, 5.74) is 0. The van der Waals surface area contributed by atoms with Gasteiger partial charge in [-0.25, -0.2) is 0 Å². The zero-order valence-corrected chi connectivity index (χ0v) is 9.84. The molecule has 1 N–H and O–H groups in total. The molecular weight excluding hydrogens is 198 g/mol. The smallest absolute Gasteiger partial charge is 0.0558 e. The molecule has 1 aliphatic carbocycles. The molecule has 14 heavy (non-hydrogen) atoms. The third kappa shape index (κ3) is 3.76. The Hall–Kier alpha value is 0.210. The van der Waals surface area contributed by atoms with Crippen LogP contribution in [0.2, 0.25) is 0 Å². The molecule has 3 heteroatoms. The van der Waals surface area contributed by atoms with Crippen LogP contribution in [0, 0.1) is 5.92 Å². The number of aliphatic hydroxyl groups is 1. The number of alkyl halides is 1. The average molecular weight is 220 g/mol. The van der Waals surface area contributed by atoms with Crippen molar-refractivity contribution in [1.29, 1.82) is 0 Å². The Morgan fingerprint density at radius 3 is 2.57 bits per heavy atom. The fourth-order valence-corrected chi connectivity index (χ4v) is 2.37. The van der Waals surface area contributed by atoms with Crippen LogP contribution in [0.25, 0.3) is 0 Å². The summed E-state index contributed by atoms with van der Waals surface area (Å²) in [5.74, 6) is 1.25. The number of aliphatic hydroxyl groups excluding tert-OH is 1. The molecule has 0 spiro atoms. The Morgan fingerprint density at radius 2 is 2.07 bits per heavy atom. The Balaban J connectivity index is 2.36. The van der Waals surface area contributed by atoms with Gasteiger partial charge in [0.2, 0.25) is 0 Å². The van der Waals surface area contributed by atoms with Crippen LogP contribution < -0.4 is 0 Å². The van der Waals surface area contributed by atoms with E-state index in [9.17, 15) is 0 Å². The Kier molecular flexibility index (Phi) is 5.83. The van der Waals surface area contributed by atoms with Gasteiger partial charge >= 0.3 is 0 Å². The van der Waals surface area contributed by atoms with Crippen LogP contribution in [0.4, 0.5) is 0 Å². The molecule has 1 rings (SSSR count). The van der Waals surface area contributed by atoms with Gasteiger partial charge in [-0.05, 0) is 18.8 Å². The standard InChI is InChI=1S/C11H22ClNO/c1-10(8-12)9-13(6-7-14)11-4-2-3-5-11/h10-11,14H,2-9H2,1H3. The van der Waals surface area contributed by atoms with E-state index in [0.29, 0.717) is 17.8 Å². The lowest BCUT2D eigenvalue weighted by Crippen LogP contribution is -2.39. The molecule has 0 amide bonds. The van der Waals surface area contributed by atoms with Crippen LogP contribution >= 0.6 is 11.6 Å². The molecule has 1 atom stereocenters.